The highest BCUT2D eigenvalue weighted by Crippen LogP contribution is 2.29. The number of carbonyl (C=O) groups is 1. The summed E-state index contributed by atoms with van der Waals surface area (Å²) in [5.74, 6) is 0.872. The van der Waals surface area contributed by atoms with E-state index in [0.29, 0.717) is 26.2 Å². The molecule has 1 aliphatic rings. The fourth-order valence-corrected chi connectivity index (χ4v) is 3.68. The van der Waals surface area contributed by atoms with Crippen LogP contribution in [-0.4, -0.2) is 57.7 Å². The topological polar surface area (TPSA) is 37.2 Å². The van der Waals surface area contributed by atoms with Crippen molar-refractivity contribution in [3.63, 3.8) is 0 Å². The van der Waals surface area contributed by atoms with Gasteiger partial charge in [0.1, 0.15) is 12.3 Å². The van der Waals surface area contributed by atoms with Gasteiger partial charge in [-0.25, -0.2) is 0 Å². The summed E-state index contributed by atoms with van der Waals surface area (Å²) < 4.78 is 43.4. The van der Waals surface area contributed by atoms with Gasteiger partial charge in [0.05, 0.1) is 25.4 Å². The number of halogens is 3. The van der Waals surface area contributed by atoms with E-state index in [9.17, 15) is 18.0 Å². The molecule has 162 valence electrons. The van der Waals surface area contributed by atoms with Crippen LogP contribution in [0.2, 0.25) is 0 Å². The molecule has 8 heteroatoms. The molecule has 1 amide bonds. The summed E-state index contributed by atoms with van der Waals surface area (Å²) in [4.78, 5) is 17.7. The molecular weight excluding hydrogens is 395 g/mol. The third-order valence-electron chi connectivity index (χ3n) is 5.30. The molecule has 2 aromatic rings. The Kier molecular flexibility index (Phi) is 6.87. The lowest BCUT2D eigenvalue weighted by atomic mass is 10.1. The lowest BCUT2D eigenvalue weighted by molar-refractivity contribution is -0.885. The molecule has 0 aromatic heterocycles. The lowest BCUT2D eigenvalue weighted by Crippen LogP contribution is -3.09. The number of amides is 1. The first kappa shape index (κ1) is 22.0. The van der Waals surface area contributed by atoms with Gasteiger partial charge in [-0.05, 0) is 24.3 Å². The van der Waals surface area contributed by atoms with Crippen LogP contribution >= 0.6 is 0 Å². The Hall–Kier alpha value is -2.74. The van der Waals surface area contributed by atoms with Gasteiger partial charge in [-0.1, -0.05) is 24.3 Å². The molecule has 1 saturated heterocycles. The Morgan fingerprint density at radius 3 is 2.27 bits per heavy atom. The van der Waals surface area contributed by atoms with Crippen molar-refractivity contribution in [1.29, 1.82) is 0 Å². The second kappa shape index (κ2) is 9.38. The van der Waals surface area contributed by atoms with Crippen LogP contribution in [0.3, 0.4) is 0 Å². The average molecular weight is 422 g/mol. The van der Waals surface area contributed by atoms with Crippen LogP contribution in [0.4, 0.5) is 18.9 Å². The number of alkyl halides is 3. The molecule has 0 spiro atoms. The molecule has 30 heavy (non-hydrogen) atoms. The van der Waals surface area contributed by atoms with Crippen LogP contribution in [0.1, 0.15) is 11.1 Å². The molecule has 2 aromatic carbocycles. The van der Waals surface area contributed by atoms with Gasteiger partial charge in [0, 0.05) is 31.7 Å². The molecule has 1 fully saturated rings. The van der Waals surface area contributed by atoms with E-state index in [4.69, 9.17) is 4.74 Å². The first-order chi connectivity index (χ1) is 14.3. The first-order valence-corrected chi connectivity index (χ1v) is 9.91. The molecule has 5 nitrogen and oxygen atoms in total. The monoisotopic (exact) mass is 422 g/mol. The second-order valence-corrected chi connectivity index (χ2v) is 7.55. The summed E-state index contributed by atoms with van der Waals surface area (Å²) in [6, 6.07) is 13.0. The van der Waals surface area contributed by atoms with Gasteiger partial charge in [0.25, 0.3) is 5.91 Å². The summed E-state index contributed by atoms with van der Waals surface area (Å²) in [6.45, 7) is 3.50. The van der Waals surface area contributed by atoms with Crippen LogP contribution in [-0.2, 0) is 17.5 Å². The number of para-hydroxylation sites is 2. The predicted octanol–water partition coefficient (Wildman–Crippen LogP) is 2.08. The van der Waals surface area contributed by atoms with Crippen LogP contribution < -0.4 is 14.5 Å². The highest BCUT2D eigenvalue weighted by molar-refractivity contribution is 5.77. The van der Waals surface area contributed by atoms with Gasteiger partial charge in [0.2, 0.25) is 0 Å². The number of methoxy groups -OCH3 is 1. The number of rotatable bonds is 6. The molecule has 1 N–H and O–H groups in total. The second-order valence-electron chi connectivity index (χ2n) is 7.55. The molecule has 0 bridgehead atoms. The number of nitrogens with one attached hydrogen (secondary N) is 1. The van der Waals surface area contributed by atoms with E-state index in [1.165, 1.54) is 12.1 Å². The van der Waals surface area contributed by atoms with Gasteiger partial charge in [0.15, 0.2) is 6.54 Å². The van der Waals surface area contributed by atoms with E-state index in [0.717, 1.165) is 47.1 Å². The van der Waals surface area contributed by atoms with E-state index in [1.54, 1.807) is 7.11 Å². The molecule has 1 heterocycles. The third kappa shape index (κ3) is 5.44. The van der Waals surface area contributed by atoms with E-state index >= 15 is 0 Å². The van der Waals surface area contributed by atoms with Gasteiger partial charge in [-0.3, -0.25) is 4.79 Å². The minimum Gasteiger partial charge on any atom is -0.495 e. The Morgan fingerprint density at radius 2 is 1.67 bits per heavy atom. The van der Waals surface area contributed by atoms with Crippen molar-refractivity contribution in [1.82, 2.24) is 4.90 Å². The number of quaternary nitrogens is 1. The SMILES string of the molecule is COc1ccccc1N1CCN(C(=O)C[NH+](C)Cc2ccc(C(F)(F)F)cc2)CC1. The fourth-order valence-electron chi connectivity index (χ4n) is 3.68. The average Bonchev–Trinajstić information content (AvgIpc) is 2.73. The fraction of sp³-hybridized carbons (Fsp3) is 0.409. The van der Waals surface area contributed by atoms with Crippen LogP contribution in [0, 0.1) is 0 Å². The first-order valence-electron chi connectivity index (χ1n) is 9.91. The smallest absolute Gasteiger partial charge is 0.416 e. The van der Waals surface area contributed by atoms with Crippen molar-refractivity contribution >= 4 is 11.6 Å². The summed E-state index contributed by atoms with van der Waals surface area (Å²) in [5, 5.41) is 0. The molecular formula is C22H27F3N3O2+. The summed E-state index contributed by atoms with van der Waals surface area (Å²) in [6.07, 6.45) is -4.33. The van der Waals surface area contributed by atoms with Crippen molar-refractivity contribution in [3.8, 4) is 5.75 Å². The summed E-state index contributed by atoms with van der Waals surface area (Å²) in [7, 11) is 3.52. The Balaban J connectivity index is 1.49. The van der Waals surface area contributed by atoms with Gasteiger partial charge in [-0.2, -0.15) is 13.2 Å². The summed E-state index contributed by atoms with van der Waals surface area (Å²) in [5.41, 5.74) is 1.14. The maximum absolute atomic E-state index is 12.7. The Morgan fingerprint density at radius 1 is 1.03 bits per heavy atom. The van der Waals surface area contributed by atoms with Gasteiger partial charge < -0.3 is 19.4 Å². The van der Waals surface area contributed by atoms with Crippen LogP contribution in [0.5, 0.6) is 5.75 Å². The zero-order valence-electron chi connectivity index (χ0n) is 17.2. The van der Waals surface area contributed by atoms with E-state index in [2.05, 4.69) is 4.90 Å². The standard InChI is InChI=1S/C22H26F3N3O2/c1-26(15-17-7-9-18(10-8-17)22(23,24)25)16-21(29)28-13-11-27(12-14-28)19-5-3-4-6-20(19)30-2/h3-10H,11-16H2,1-2H3/p+1. The maximum atomic E-state index is 12.7. The van der Waals surface area contributed by atoms with Crippen molar-refractivity contribution < 1.29 is 27.6 Å². The molecule has 0 radical (unpaired) electrons. The Bertz CT molecular complexity index is 847. The number of hydrogen-bond donors (Lipinski definition) is 1. The molecule has 1 atom stereocenters. The van der Waals surface area contributed by atoms with Gasteiger partial charge >= 0.3 is 6.18 Å². The van der Waals surface area contributed by atoms with Crippen LogP contribution in [0.25, 0.3) is 0 Å². The molecule has 3 rings (SSSR count). The largest absolute Gasteiger partial charge is 0.495 e. The minimum atomic E-state index is -4.33. The Labute approximate surface area is 174 Å². The number of nitrogens with zero attached hydrogens (tertiary/aromatic N) is 2. The van der Waals surface area contributed by atoms with Crippen molar-refractivity contribution in [2.75, 3.05) is 51.8 Å². The molecule has 0 aliphatic carbocycles. The zero-order valence-corrected chi connectivity index (χ0v) is 17.2. The number of hydrogen-bond acceptors (Lipinski definition) is 3. The van der Waals surface area contributed by atoms with E-state index < -0.39 is 11.7 Å². The van der Waals surface area contributed by atoms with Crippen molar-refractivity contribution in [3.05, 3.63) is 59.7 Å². The van der Waals surface area contributed by atoms with Crippen molar-refractivity contribution in [2.24, 2.45) is 0 Å². The minimum absolute atomic E-state index is 0.0547. The number of piperazine rings is 1. The number of benzene rings is 2. The van der Waals surface area contributed by atoms with E-state index in [1.807, 2.05) is 36.2 Å². The lowest BCUT2D eigenvalue weighted by Gasteiger charge is -2.36. The summed E-state index contributed by atoms with van der Waals surface area (Å²) >= 11 is 0. The van der Waals surface area contributed by atoms with Crippen LogP contribution in [0.15, 0.2) is 48.5 Å². The predicted molar refractivity (Wildman–Crippen MR) is 109 cm³/mol. The van der Waals surface area contributed by atoms with E-state index in [-0.39, 0.29) is 5.91 Å². The third-order valence-corrected chi connectivity index (χ3v) is 5.30. The number of ether oxygens (including phenoxy) is 1. The molecule has 1 unspecified atom stereocenters. The van der Waals surface area contributed by atoms with Gasteiger partial charge in [-0.15, -0.1) is 0 Å². The quantitative estimate of drug-likeness (QED) is 0.775. The highest BCUT2D eigenvalue weighted by Gasteiger charge is 2.30. The molecule has 1 aliphatic heterocycles. The number of carbonyl (C=O) groups excluding carboxylic acids is 1. The molecule has 0 saturated carbocycles. The maximum Gasteiger partial charge on any atom is 0.416 e. The number of anilines is 1. The highest BCUT2D eigenvalue weighted by atomic mass is 19.4. The van der Waals surface area contributed by atoms with Crippen molar-refractivity contribution in [2.45, 2.75) is 12.7 Å². The normalized spacial score (nSPS) is 15.8. The number of likely N-dealkylation sites (N-methyl/N-ethyl adjacent to an activating group) is 1. The zero-order chi connectivity index (χ0) is 21.7.